The first-order valence-corrected chi connectivity index (χ1v) is 8.47. The lowest BCUT2D eigenvalue weighted by molar-refractivity contribution is 0.0967. The van der Waals surface area contributed by atoms with Gasteiger partial charge in [-0.15, -0.1) is 11.3 Å². The third kappa shape index (κ3) is 2.55. The minimum absolute atomic E-state index is 0.0470. The molecule has 2 aromatic carbocycles. The third-order valence-corrected chi connectivity index (χ3v) is 5.35. The van der Waals surface area contributed by atoms with Crippen molar-refractivity contribution in [3.8, 4) is 0 Å². The molecule has 0 saturated carbocycles. The molecule has 4 aromatic rings. The maximum absolute atomic E-state index is 12.6. The van der Waals surface area contributed by atoms with Crippen molar-refractivity contribution < 1.29 is 14.0 Å². The zero-order valence-corrected chi connectivity index (χ0v) is 13.9. The Kier molecular flexibility index (Phi) is 3.54. The molecule has 118 valence electrons. The van der Waals surface area contributed by atoms with Crippen molar-refractivity contribution in [2.24, 2.45) is 0 Å². The molecule has 24 heavy (non-hydrogen) atoms. The topological polar surface area (TPSA) is 47.3 Å². The van der Waals surface area contributed by atoms with Crippen molar-refractivity contribution in [3.63, 3.8) is 0 Å². The van der Waals surface area contributed by atoms with E-state index in [1.165, 1.54) is 11.3 Å². The Hall–Kier alpha value is -2.72. The molecular formula is C20H14O3S. The van der Waals surface area contributed by atoms with E-state index in [0.29, 0.717) is 16.2 Å². The summed E-state index contributed by atoms with van der Waals surface area (Å²) in [6, 6.07) is 17.1. The standard InChI is InChI=1S/C20H14O3S/c1-12(21)19-11-15-7-4-6-14(20(15)24-19)9-16(22)18-10-13-5-2-3-8-17(13)23-18/h2-8,10-11H,9H2,1H3. The zero-order valence-electron chi connectivity index (χ0n) is 13.0. The predicted molar refractivity (Wildman–Crippen MR) is 96.1 cm³/mol. The molecule has 0 spiro atoms. The van der Waals surface area contributed by atoms with Gasteiger partial charge in [0.2, 0.25) is 5.78 Å². The SMILES string of the molecule is CC(=O)c1cc2cccc(CC(=O)c3cc4ccccc4o3)c2s1. The van der Waals surface area contributed by atoms with Crippen LogP contribution in [-0.2, 0) is 6.42 Å². The van der Waals surface area contributed by atoms with Crippen LogP contribution in [0.5, 0.6) is 0 Å². The van der Waals surface area contributed by atoms with E-state index in [2.05, 4.69) is 0 Å². The molecule has 0 atom stereocenters. The first kappa shape index (κ1) is 14.8. The van der Waals surface area contributed by atoms with Gasteiger partial charge in [-0.3, -0.25) is 9.59 Å². The molecule has 0 radical (unpaired) electrons. The highest BCUT2D eigenvalue weighted by molar-refractivity contribution is 7.21. The highest BCUT2D eigenvalue weighted by atomic mass is 32.1. The Balaban J connectivity index is 1.70. The van der Waals surface area contributed by atoms with Crippen LogP contribution in [0.15, 0.2) is 59.0 Å². The van der Waals surface area contributed by atoms with Crippen molar-refractivity contribution in [3.05, 3.63) is 70.8 Å². The summed E-state index contributed by atoms with van der Waals surface area (Å²) in [6.07, 6.45) is 0.259. The second-order valence-corrected chi connectivity index (χ2v) is 6.80. The molecule has 0 aliphatic rings. The molecule has 2 heterocycles. The lowest BCUT2D eigenvalue weighted by Crippen LogP contribution is -2.01. The number of carbonyl (C=O) groups excluding carboxylic acids is 2. The monoisotopic (exact) mass is 334 g/mol. The van der Waals surface area contributed by atoms with Gasteiger partial charge in [0.1, 0.15) is 5.58 Å². The van der Waals surface area contributed by atoms with Gasteiger partial charge in [0.05, 0.1) is 4.88 Å². The number of hydrogen-bond donors (Lipinski definition) is 0. The maximum atomic E-state index is 12.6. The van der Waals surface area contributed by atoms with Crippen LogP contribution in [0.4, 0.5) is 0 Å². The first-order chi connectivity index (χ1) is 11.6. The fourth-order valence-corrected chi connectivity index (χ4v) is 3.88. The fraction of sp³-hybridized carbons (Fsp3) is 0.100. The summed E-state index contributed by atoms with van der Waals surface area (Å²) in [4.78, 5) is 24.9. The van der Waals surface area contributed by atoms with Gasteiger partial charge in [0, 0.05) is 16.5 Å². The van der Waals surface area contributed by atoms with Gasteiger partial charge in [0.25, 0.3) is 0 Å². The van der Waals surface area contributed by atoms with Gasteiger partial charge >= 0.3 is 0 Å². The number of thiophene rings is 1. The van der Waals surface area contributed by atoms with Crippen LogP contribution < -0.4 is 0 Å². The van der Waals surface area contributed by atoms with Crippen molar-refractivity contribution in [2.75, 3.05) is 0 Å². The van der Waals surface area contributed by atoms with Crippen LogP contribution in [0.25, 0.3) is 21.1 Å². The van der Waals surface area contributed by atoms with E-state index in [9.17, 15) is 9.59 Å². The molecule has 0 aliphatic carbocycles. The normalized spacial score (nSPS) is 11.2. The quantitative estimate of drug-likeness (QED) is 0.477. The third-order valence-electron chi connectivity index (χ3n) is 4.02. The molecule has 0 bridgehead atoms. The Morgan fingerprint density at radius 2 is 1.79 bits per heavy atom. The van der Waals surface area contributed by atoms with Gasteiger partial charge in [-0.05, 0) is 36.1 Å². The highest BCUT2D eigenvalue weighted by Crippen LogP contribution is 2.30. The number of benzene rings is 2. The van der Waals surface area contributed by atoms with Crippen molar-refractivity contribution in [1.82, 2.24) is 0 Å². The average molecular weight is 334 g/mol. The van der Waals surface area contributed by atoms with Crippen molar-refractivity contribution in [2.45, 2.75) is 13.3 Å². The first-order valence-electron chi connectivity index (χ1n) is 7.66. The van der Waals surface area contributed by atoms with E-state index in [-0.39, 0.29) is 18.0 Å². The van der Waals surface area contributed by atoms with Crippen LogP contribution in [0.2, 0.25) is 0 Å². The molecule has 0 saturated heterocycles. The van der Waals surface area contributed by atoms with Crippen molar-refractivity contribution in [1.29, 1.82) is 0 Å². The summed E-state index contributed by atoms with van der Waals surface area (Å²) in [6.45, 7) is 1.56. The number of ketones is 2. The predicted octanol–water partition coefficient (Wildman–Crippen LogP) is 5.28. The van der Waals surface area contributed by atoms with Gasteiger partial charge in [-0.1, -0.05) is 36.4 Å². The van der Waals surface area contributed by atoms with E-state index < -0.39 is 0 Å². The lowest BCUT2D eigenvalue weighted by atomic mass is 10.1. The molecule has 2 aromatic heterocycles. The minimum atomic E-state index is -0.0588. The summed E-state index contributed by atoms with van der Waals surface area (Å²) < 4.78 is 6.65. The van der Waals surface area contributed by atoms with Crippen LogP contribution in [-0.4, -0.2) is 11.6 Å². The van der Waals surface area contributed by atoms with Gasteiger partial charge in [0.15, 0.2) is 11.5 Å². The molecule has 0 N–H and O–H groups in total. The van der Waals surface area contributed by atoms with Crippen LogP contribution in [0.1, 0.15) is 32.7 Å². The summed E-state index contributed by atoms with van der Waals surface area (Å²) in [7, 11) is 0. The van der Waals surface area contributed by atoms with Crippen LogP contribution in [0.3, 0.4) is 0 Å². The Bertz CT molecular complexity index is 1050. The highest BCUT2D eigenvalue weighted by Gasteiger charge is 2.16. The van der Waals surface area contributed by atoms with E-state index in [1.54, 1.807) is 13.0 Å². The van der Waals surface area contributed by atoms with Gasteiger partial charge in [-0.25, -0.2) is 0 Å². The van der Waals surface area contributed by atoms with Crippen LogP contribution >= 0.6 is 11.3 Å². The molecule has 4 rings (SSSR count). The number of fused-ring (bicyclic) bond motifs is 2. The molecule has 4 heteroatoms. The van der Waals surface area contributed by atoms with Gasteiger partial charge < -0.3 is 4.42 Å². The second-order valence-electron chi connectivity index (χ2n) is 5.75. The van der Waals surface area contributed by atoms with E-state index >= 15 is 0 Å². The zero-order chi connectivity index (χ0) is 16.7. The van der Waals surface area contributed by atoms with Crippen LogP contribution in [0, 0.1) is 0 Å². The number of carbonyl (C=O) groups is 2. The Morgan fingerprint density at radius 3 is 2.58 bits per heavy atom. The Labute approximate surface area is 142 Å². The summed E-state index contributed by atoms with van der Waals surface area (Å²) in [5.41, 5.74) is 1.64. The number of hydrogen-bond acceptors (Lipinski definition) is 4. The maximum Gasteiger partial charge on any atom is 0.202 e. The smallest absolute Gasteiger partial charge is 0.202 e. The molecule has 3 nitrogen and oxygen atoms in total. The number of furan rings is 1. The molecular weight excluding hydrogens is 320 g/mol. The number of Topliss-reactive ketones (excluding diaryl/α,β-unsaturated/α-hetero) is 2. The van der Waals surface area contributed by atoms with Crippen molar-refractivity contribution >= 4 is 44.0 Å². The molecule has 0 amide bonds. The van der Waals surface area contributed by atoms with E-state index in [4.69, 9.17) is 4.42 Å². The van der Waals surface area contributed by atoms with E-state index in [0.717, 1.165) is 21.0 Å². The average Bonchev–Trinajstić information content (AvgIpc) is 3.19. The Morgan fingerprint density at radius 1 is 1.00 bits per heavy atom. The summed E-state index contributed by atoms with van der Waals surface area (Å²) >= 11 is 1.44. The summed E-state index contributed by atoms with van der Waals surface area (Å²) in [5, 5.41) is 1.93. The number of rotatable bonds is 4. The molecule has 0 unspecified atom stereocenters. The summed E-state index contributed by atoms with van der Waals surface area (Å²) in [5.74, 6) is 0.360. The molecule has 0 aliphatic heterocycles. The molecule has 0 fully saturated rings. The number of para-hydroxylation sites is 1. The van der Waals surface area contributed by atoms with E-state index in [1.807, 2.05) is 48.5 Å². The fourth-order valence-electron chi connectivity index (χ4n) is 2.82. The van der Waals surface area contributed by atoms with Gasteiger partial charge in [-0.2, -0.15) is 0 Å². The minimum Gasteiger partial charge on any atom is -0.453 e. The lowest BCUT2D eigenvalue weighted by Gasteiger charge is -2.01. The largest absolute Gasteiger partial charge is 0.453 e. The second kappa shape index (κ2) is 5.73.